The highest BCUT2D eigenvalue weighted by Crippen LogP contribution is 2.35. The Morgan fingerprint density at radius 1 is 1.48 bits per heavy atom. The van der Waals surface area contributed by atoms with Crippen molar-refractivity contribution in [2.45, 2.75) is 51.8 Å². The van der Waals surface area contributed by atoms with E-state index in [1.165, 1.54) is 5.56 Å². The lowest BCUT2D eigenvalue weighted by molar-refractivity contribution is -0.124. The fourth-order valence-corrected chi connectivity index (χ4v) is 3.04. The molecule has 0 spiro atoms. The van der Waals surface area contributed by atoms with Gasteiger partial charge in [0.15, 0.2) is 0 Å². The van der Waals surface area contributed by atoms with Gasteiger partial charge in [-0.25, -0.2) is 0 Å². The lowest BCUT2D eigenvalue weighted by Gasteiger charge is -2.16. The minimum atomic E-state index is -0.262. The number of carbonyl (C=O) groups excluding carboxylic acids is 1. The Bertz CT molecular complexity index is 692. The molecule has 1 aliphatic heterocycles. The van der Waals surface area contributed by atoms with Crippen LogP contribution < -0.4 is 10.1 Å². The quantitative estimate of drug-likeness (QED) is 0.923. The number of amides is 1. The van der Waals surface area contributed by atoms with Gasteiger partial charge < -0.3 is 10.1 Å². The number of hydrogen-bond donors (Lipinski definition) is 1. The van der Waals surface area contributed by atoms with Crippen molar-refractivity contribution in [1.82, 2.24) is 15.1 Å². The number of carbonyl (C=O) groups is 1. The molecule has 5 nitrogen and oxygen atoms in total. The van der Waals surface area contributed by atoms with Gasteiger partial charge in [-0.3, -0.25) is 9.48 Å². The van der Waals surface area contributed by atoms with E-state index in [0.717, 1.165) is 17.7 Å². The average molecular weight is 313 g/mol. The lowest BCUT2D eigenvalue weighted by Crippen LogP contribution is -2.32. The molecule has 122 valence electrons. The van der Waals surface area contributed by atoms with Gasteiger partial charge in [-0.15, -0.1) is 0 Å². The van der Waals surface area contributed by atoms with Gasteiger partial charge in [0.25, 0.3) is 0 Å². The summed E-state index contributed by atoms with van der Waals surface area (Å²) in [7, 11) is 0. The number of fused-ring (bicyclic) bond motifs is 1. The number of hydrogen-bond acceptors (Lipinski definition) is 3. The summed E-state index contributed by atoms with van der Waals surface area (Å²) in [6, 6.07) is 7.70. The highest BCUT2D eigenvalue weighted by atomic mass is 16.5. The minimum Gasteiger partial charge on any atom is -0.487 e. The standard InChI is InChI=1S/C18H23N3O2/c1-4-15(21-9-5-8-20-21)17(22)19-12-13-6-7-16-14(10-13)11-18(2,3)23-16/h5-10,15H,4,11-12H2,1-3H3,(H,19,22). The number of nitrogens with one attached hydrogen (secondary N) is 1. The van der Waals surface area contributed by atoms with Crippen LogP contribution in [0.4, 0.5) is 0 Å². The summed E-state index contributed by atoms with van der Waals surface area (Å²) in [5, 5.41) is 7.18. The summed E-state index contributed by atoms with van der Waals surface area (Å²) in [5.74, 6) is 0.946. The normalized spacial score (nSPS) is 16.5. The molecule has 1 atom stereocenters. The topological polar surface area (TPSA) is 56.1 Å². The van der Waals surface area contributed by atoms with Crippen LogP contribution in [-0.2, 0) is 17.8 Å². The molecule has 1 aromatic carbocycles. The number of aromatic nitrogens is 2. The molecule has 1 amide bonds. The van der Waals surface area contributed by atoms with E-state index in [9.17, 15) is 4.79 Å². The second-order valence-electron chi connectivity index (χ2n) is 6.61. The summed E-state index contributed by atoms with van der Waals surface area (Å²) in [6.45, 7) is 6.68. The van der Waals surface area contributed by atoms with Crippen LogP contribution in [0.15, 0.2) is 36.7 Å². The highest BCUT2D eigenvalue weighted by Gasteiger charge is 2.29. The van der Waals surface area contributed by atoms with Gasteiger partial charge in [0.1, 0.15) is 17.4 Å². The van der Waals surface area contributed by atoms with Crippen molar-refractivity contribution in [3.63, 3.8) is 0 Å². The zero-order chi connectivity index (χ0) is 16.4. The Kier molecular flexibility index (Phi) is 4.11. The maximum atomic E-state index is 12.4. The molecule has 1 aliphatic rings. The predicted octanol–water partition coefficient (Wildman–Crippen LogP) is 2.86. The Morgan fingerprint density at radius 2 is 2.30 bits per heavy atom. The molecule has 0 fully saturated rings. The molecule has 2 aromatic rings. The van der Waals surface area contributed by atoms with E-state index in [-0.39, 0.29) is 17.6 Å². The first kappa shape index (κ1) is 15.6. The second-order valence-corrected chi connectivity index (χ2v) is 6.61. The number of nitrogens with zero attached hydrogens (tertiary/aromatic N) is 2. The summed E-state index contributed by atoms with van der Waals surface area (Å²) in [4.78, 5) is 12.4. The molecule has 0 bridgehead atoms. The fourth-order valence-electron chi connectivity index (χ4n) is 3.04. The van der Waals surface area contributed by atoms with Gasteiger partial charge >= 0.3 is 0 Å². The van der Waals surface area contributed by atoms with E-state index in [1.807, 2.05) is 31.3 Å². The zero-order valence-electron chi connectivity index (χ0n) is 13.9. The van der Waals surface area contributed by atoms with Crippen LogP contribution in [0.1, 0.15) is 44.4 Å². The first-order chi connectivity index (χ1) is 11.0. The van der Waals surface area contributed by atoms with Crippen LogP contribution in [0.2, 0.25) is 0 Å². The van der Waals surface area contributed by atoms with E-state index >= 15 is 0 Å². The van der Waals surface area contributed by atoms with Crippen molar-refractivity contribution in [2.24, 2.45) is 0 Å². The average Bonchev–Trinajstić information content (AvgIpc) is 3.11. The first-order valence-corrected chi connectivity index (χ1v) is 8.06. The molecule has 1 N–H and O–H groups in total. The molecule has 0 aliphatic carbocycles. The Balaban J connectivity index is 1.64. The van der Waals surface area contributed by atoms with E-state index in [0.29, 0.717) is 13.0 Å². The molecule has 0 saturated heterocycles. The van der Waals surface area contributed by atoms with Gasteiger partial charge in [-0.2, -0.15) is 5.10 Å². The Morgan fingerprint density at radius 3 is 3.00 bits per heavy atom. The van der Waals surface area contributed by atoms with Crippen molar-refractivity contribution in [2.75, 3.05) is 0 Å². The molecular formula is C18H23N3O2. The summed E-state index contributed by atoms with van der Waals surface area (Å²) < 4.78 is 7.58. The maximum absolute atomic E-state index is 12.4. The number of benzene rings is 1. The first-order valence-electron chi connectivity index (χ1n) is 8.06. The van der Waals surface area contributed by atoms with Gasteiger partial charge in [0.05, 0.1) is 0 Å². The SMILES string of the molecule is CCC(C(=O)NCc1ccc2c(c1)CC(C)(C)O2)n1cccn1. The third-order valence-electron chi connectivity index (χ3n) is 4.13. The van der Waals surface area contributed by atoms with Crippen LogP contribution in [-0.4, -0.2) is 21.3 Å². The van der Waals surface area contributed by atoms with Crippen molar-refractivity contribution in [3.05, 3.63) is 47.8 Å². The molecule has 1 aromatic heterocycles. The van der Waals surface area contributed by atoms with Crippen molar-refractivity contribution in [1.29, 1.82) is 0 Å². The zero-order valence-corrected chi connectivity index (χ0v) is 13.9. The molecule has 2 heterocycles. The lowest BCUT2D eigenvalue weighted by atomic mass is 10.0. The minimum absolute atomic E-state index is 0.00622. The third-order valence-corrected chi connectivity index (χ3v) is 4.13. The van der Waals surface area contributed by atoms with Crippen molar-refractivity contribution < 1.29 is 9.53 Å². The highest BCUT2D eigenvalue weighted by molar-refractivity contribution is 5.80. The molecule has 0 radical (unpaired) electrons. The molecule has 5 heteroatoms. The summed E-state index contributed by atoms with van der Waals surface area (Å²) >= 11 is 0. The summed E-state index contributed by atoms with van der Waals surface area (Å²) in [6.07, 6.45) is 5.12. The Labute approximate surface area is 136 Å². The van der Waals surface area contributed by atoms with E-state index < -0.39 is 0 Å². The van der Waals surface area contributed by atoms with Crippen molar-refractivity contribution >= 4 is 5.91 Å². The van der Waals surface area contributed by atoms with Crippen LogP contribution in [0.25, 0.3) is 0 Å². The molecule has 3 rings (SSSR count). The fraction of sp³-hybridized carbons (Fsp3) is 0.444. The van der Waals surface area contributed by atoms with Gasteiger partial charge in [-0.05, 0) is 43.5 Å². The number of rotatable bonds is 5. The molecule has 1 unspecified atom stereocenters. The van der Waals surface area contributed by atoms with Crippen molar-refractivity contribution in [3.8, 4) is 5.75 Å². The second kappa shape index (κ2) is 6.07. The van der Waals surface area contributed by atoms with E-state index in [2.05, 4.69) is 30.3 Å². The smallest absolute Gasteiger partial charge is 0.245 e. The summed E-state index contributed by atoms with van der Waals surface area (Å²) in [5.41, 5.74) is 2.16. The monoisotopic (exact) mass is 313 g/mol. The predicted molar refractivity (Wildman–Crippen MR) is 88.3 cm³/mol. The van der Waals surface area contributed by atoms with E-state index in [1.54, 1.807) is 10.9 Å². The maximum Gasteiger partial charge on any atom is 0.245 e. The van der Waals surface area contributed by atoms with E-state index in [4.69, 9.17) is 4.74 Å². The molecule has 23 heavy (non-hydrogen) atoms. The number of ether oxygens (including phenoxy) is 1. The van der Waals surface area contributed by atoms with Crippen LogP contribution in [0, 0.1) is 0 Å². The largest absolute Gasteiger partial charge is 0.487 e. The Hall–Kier alpha value is -2.30. The van der Waals surface area contributed by atoms with Gasteiger partial charge in [0.2, 0.25) is 5.91 Å². The van der Waals surface area contributed by atoms with Crippen LogP contribution in [0.3, 0.4) is 0 Å². The van der Waals surface area contributed by atoms with Crippen LogP contribution in [0.5, 0.6) is 5.75 Å². The third kappa shape index (κ3) is 3.38. The van der Waals surface area contributed by atoms with Gasteiger partial charge in [0, 0.05) is 25.4 Å². The van der Waals surface area contributed by atoms with Crippen LogP contribution >= 0.6 is 0 Å². The van der Waals surface area contributed by atoms with Gasteiger partial charge in [-0.1, -0.05) is 19.1 Å². The molecular weight excluding hydrogens is 290 g/mol. The molecule has 0 saturated carbocycles.